The van der Waals surface area contributed by atoms with Gasteiger partial charge >= 0.3 is 0 Å². The second kappa shape index (κ2) is 3.55. The van der Waals surface area contributed by atoms with Gasteiger partial charge in [-0.1, -0.05) is 18.2 Å². The fraction of sp³-hybridized carbons (Fsp3) is 0.385. The molecule has 0 spiro atoms. The second-order valence-corrected chi connectivity index (χ2v) is 5.12. The van der Waals surface area contributed by atoms with Crippen LogP contribution in [0.4, 0.5) is 0 Å². The van der Waals surface area contributed by atoms with Gasteiger partial charge in [0.15, 0.2) is 5.69 Å². The van der Waals surface area contributed by atoms with E-state index < -0.39 is 0 Å². The number of hydrogen-bond donors (Lipinski definition) is 2. The van der Waals surface area contributed by atoms with Crippen molar-refractivity contribution < 1.29 is 4.79 Å². The number of para-hydroxylation sites is 1. The van der Waals surface area contributed by atoms with Crippen LogP contribution in [0.3, 0.4) is 0 Å². The number of benzene rings is 1. The highest BCUT2D eigenvalue weighted by atomic mass is 16.2. The molecule has 18 heavy (non-hydrogen) atoms. The SMILES string of the molecule is O=C(c1n[nH]c2ccccc12)N1CC2CC(C1)N2. The predicted molar refractivity (Wildman–Crippen MR) is 67.3 cm³/mol. The van der Waals surface area contributed by atoms with Gasteiger partial charge in [0.25, 0.3) is 5.91 Å². The molecule has 2 aromatic rings. The summed E-state index contributed by atoms with van der Waals surface area (Å²) in [7, 11) is 0. The van der Waals surface area contributed by atoms with Gasteiger partial charge in [-0.3, -0.25) is 9.89 Å². The first-order valence-electron chi connectivity index (χ1n) is 6.30. The molecule has 1 aromatic heterocycles. The van der Waals surface area contributed by atoms with E-state index in [1.807, 2.05) is 29.2 Å². The highest BCUT2D eigenvalue weighted by Crippen LogP contribution is 2.24. The van der Waals surface area contributed by atoms with Crippen LogP contribution in [-0.4, -0.2) is 46.2 Å². The number of fused-ring (bicyclic) bond motifs is 3. The standard InChI is InChI=1S/C13H14N4O/c18-13(17-6-8-5-9(7-17)14-8)12-10-3-1-2-4-11(10)15-16-12/h1-4,8-9,14H,5-7H2,(H,15,16). The molecule has 0 aliphatic carbocycles. The number of aromatic amines is 1. The summed E-state index contributed by atoms with van der Waals surface area (Å²) in [6.45, 7) is 1.60. The van der Waals surface area contributed by atoms with Gasteiger partial charge in [-0.05, 0) is 12.5 Å². The average Bonchev–Trinajstić information content (AvgIpc) is 2.81. The number of piperazine rings is 1. The van der Waals surface area contributed by atoms with Crippen molar-refractivity contribution in [2.45, 2.75) is 18.5 Å². The van der Waals surface area contributed by atoms with Crippen molar-refractivity contribution in [1.29, 1.82) is 0 Å². The van der Waals surface area contributed by atoms with Gasteiger partial charge in [-0.25, -0.2) is 0 Å². The smallest absolute Gasteiger partial charge is 0.275 e. The summed E-state index contributed by atoms with van der Waals surface area (Å²) < 4.78 is 0. The van der Waals surface area contributed by atoms with Gasteiger partial charge in [0.2, 0.25) is 0 Å². The van der Waals surface area contributed by atoms with Gasteiger partial charge in [-0.15, -0.1) is 0 Å². The Balaban J connectivity index is 1.68. The molecule has 2 bridgehead atoms. The maximum absolute atomic E-state index is 12.5. The van der Waals surface area contributed by atoms with Crippen LogP contribution in [0.2, 0.25) is 0 Å². The lowest BCUT2D eigenvalue weighted by Gasteiger charge is -2.48. The van der Waals surface area contributed by atoms with E-state index in [1.54, 1.807) is 0 Å². The molecule has 0 radical (unpaired) electrons. The maximum atomic E-state index is 12.5. The van der Waals surface area contributed by atoms with Crippen molar-refractivity contribution in [2.75, 3.05) is 13.1 Å². The largest absolute Gasteiger partial charge is 0.334 e. The monoisotopic (exact) mass is 242 g/mol. The molecule has 2 atom stereocenters. The minimum absolute atomic E-state index is 0.0450. The van der Waals surface area contributed by atoms with Crippen molar-refractivity contribution in [1.82, 2.24) is 20.4 Å². The molecule has 5 rings (SSSR count). The molecular weight excluding hydrogens is 228 g/mol. The molecule has 2 N–H and O–H groups in total. The summed E-state index contributed by atoms with van der Waals surface area (Å²) >= 11 is 0. The van der Waals surface area contributed by atoms with Crippen molar-refractivity contribution in [3.63, 3.8) is 0 Å². The van der Waals surface area contributed by atoms with E-state index in [4.69, 9.17) is 0 Å². The Labute approximate surface area is 104 Å². The third kappa shape index (κ3) is 1.37. The zero-order valence-corrected chi connectivity index (χ0v) is 9.89. The number of amides is 1. The Kier molecular flexibility index (Phi) is 1.99. The van der Waals surface area contributed by atoms with Crippen molar-refractivity contribution >= 4 is 16.8 Å². The number of carbonyl (C=O) groups excluding carboxylic acids is 1. The van der Waals surface area contributed by atoms with Crippen LogP contribution in [0.5, 0.6) is 0 Å². The molecule has 3 fully saturated rings. The molecule has 2 unspecified atom stereocenters. The van der Waals surface area contributed by atoms with Crippen molar-refractivity contribution in [3.05, 3.63) is 30.0 Å². The molecule has 1 aromatic carbocycles. The normalized spacial score (nSPS) is 26.1. The summed E-state index contributed by atoms with van der Waals surface area (Å²) in [6, 6.07) is 8.72. The van der Waals surface area contributed by atoms with Crippen LogP contribution in [0.1, 0.15) is 16.9 Å². The Bertz CT molecular complexity index is 604. The number of piperidine rings is 1. The maximum Gasteiger partial charge on any atom is 0.275 e. The van der Waals surface area contributed by atoms with E-state index in [-0.39, 0.29) is 5.91 Å². The molecule has 92 valence electrons. The molecule has 5 heteroatoms. The summed E-state index contributed by atoms with van der Waals surface area (Å²) in [5.74, 6) is 0.0450. The summed E-state index contributed by atoms with van der Waals surface area (Å²) in [4.78, 5) is 14.4. The Morgan fingerprint density at radius 1 is 1.28 bits per heavy atom. The molecule has 1 amide bonds. The number of H-pyrrole nitrogens is 1. The molecule has 4 heterocycles. The summed E-state index contributed by atoms with van der Waals surface area (Å²) in [5.41, 5.74) is 1.47. The van der Waals surface area contributed by atoms with Gasteiger partial charge < -0.3 is 10.2 Å². The Hall–Kier alpha value is -1.88. The lowest BCUT2D eigenvalue weighted by molar-refractivity contribution is 0.0470. The Morgan fingerprint density at radius 2 is 2.00 bits per heavy atom. The van der Waals surface area contributed by atoms with Crippen molar-refractivity contribution in [3.8, 4) is 0 Å². The quantitative estimate of drug-likeness (QED) is 0.775. The van der Waals surface area contributed by atoms with Crippen LogP contribution in [0.25, 0.3) is 10.9 Å². The fourth-order valence-electron chi connectivity index (χ4n) is 2.96. The van der Waals surface area contributed by atoms with Crippen LogP contribution in [-0.2, 0) is 0 Å². The number of nitrogens with zero attached hydrogens (tertiary/aromatic N) is 2. The number of hydrogen-bond acceptors (Lipinski definition) is 3. The topological polar surface area (TPSA) is 61.0 Å². The van der Waals surface area contributed by atoms with E-state index in [0.717, 1.165) is 24.0 Å². The van der Waals surface area contributed by atoms with Gasteiger partial charge in [0.1, 0.15) is 0 Å². The van der Waals surface area contributed by atoms with Crippen molar-refractivity contribution in [2.24, 2.45) is 0 Å². The number of nitrogens with one attached hydrogen (secondary N) is 2. The zero-order chi connectivity index (χ0) is 12.1. The fourth-order valence-corrected chi connectivity index (χ4v) is 2.96. The first kappa shape index (κ1) is 10.1. The van der Waals surface area contributed by atoms with E-state index >= 15 is 0 Å². The first-order valence-corrected chi connectivity index (χ1v) is 6.30. The van der Waals surface area contributed by atoms with Crippen LogP contribution in [0, 0.1) is 0 Å². The molecule has 3 saturated heterocycles. The zero-order valence-electron chi connectivity index (χ0n) is 9.89. The molecule has 5 nitrogen and oxygen atoms in total. The van der Waals surface area contributed by atoms with E-state index in [1.165, 1.54) is 6.42 Å². The van der Waals surface area contributed by atoms with Gasteiger partial charge in [-0.2, -0.15) is 5.10 Å². The number of rotatable bonds is 1. The van der Waals surface area contributed by atoms with Crippen LogP contribution >= 0.6 is 0 Å². The molecule has 3 aliphatic heterocycles. The highest BCUT2D eigenvalue weighted by Gasteiger charge is 2.39. The molecule has 0 saturated carbocycles. The van der Waals surface area contributed by atoms with Crippen LogP contribution in [0.15, 0.2) is 24.3 Å². The van der Waals surface area contributed by atoms with E-state index in [0.29, 0.717) is 17.8 Å². The third-order valence-corrected chi connectivity index (χ3v) is 3.88. The second-order valence-electron chi connectivity index (χ2n) is 5.12. The molecular formula is C13H14N4O. The lowest BCUT2D eigenvalue weighted by atomic mass is 9.91. The lowest BCUT2D eigenvalue weighted by Crippen LogP contribution is -2.67. The first-order chi connectivity index (χ1) is 8.81. The number of aromatic nitrogens is 2. The van der Waals surface area contributed by atoms with Gasteiger partial charge in [0, 0.05) is 30.6 Å². The molecule has 3 aliphatic rings. The minimum atomic E-state index is 0.0450. The Morgan fingerprint density at radius 3 is 2.78 bits per heavy atom. The summed E-state index contributed by atoms with van der Waals surface area (Å²) in [6.07, 6.45) is 1.20. The minimum Gasteiger partial charge on any atom is -0.334 e. The van der Waals surface area contributed by atoms with Gasteiger partial charge in [0.05, 0.1) is 5.52 Å². The van der Waals surface area contributed by atoms with Crippen LogP contribution < -0.4 is 5.32 Å². The number of carbonyl (C=O) groups is 1. The average molecular weight is 242 g/mol. The van der Waals surface area contributed by atoms with E-state index in [2.05, 4.69) is 15.5 Å². The summed E-state index contributed by atoms with van der Waals surface area (Å²) in [5, 5.41) is 11.4. The highest BCUT2D eigenvalue weighted by molar-refractivity contribution is 6.04. The van der Waals surface area contributed by atoms with E-state index in [9.17, 15) is 4.79 Å². The predicted octanol–water partition coefficient (Wildman–Crippen LogP) is 0.749. The third-order valence-electron chi connectivity index (χ3n) is 3.88.